The summed E-state index contributed by atoms with van der Waals surface area (Å²) in [5, 5.41) is 8.94. The first-order valence-electron chi connectivity index (χ1n) is 6.05. The SMILES string of the molecule is Nc1ccc(S(=O)(=O)NCc2ccc(CO)cc2)cc1. The van der Waals surface area contributed by atoms with Crippen LogP contribution in [-0.4, -0.2) is 13.5 Å². The average Bonchev–Trinajstić information content (AvgIpc) is 2.46. The fraction of sp³-hybridized carbons (Fsp3) is 0.143. The zero-order chi connectivity index (χ0) is 14.6. The molecule has 0 radical (unpaired) electrons. The van der Waals surface area contributed by atoms with Crippen LogP contribution >= 0.6 is 0 Å². The minimum Gasteiger partial charge on any atom is -0.399 e. The predicted octanol–water partition coefficient (Wildman–Crippen LogP) is 1.24. The molecule has 5 nitrogen and oxygen atoms in total. The van der Waals surface area contributed by atoms with Crippen LogP contribution in [0.5, 0.6) is 0 Å². The van der Waals surface area contributed by atoms with E-state index in [0.29, 0.717) is 5.69 Å². The van der Waals surface area contributed by atoms with Crippen molar-refractivity contribution in [3.05, 3.63) is 59.7 Å². The molecule has 0 amide bonds. The predicted molar refractivity (Wildman–Crippen MR) is 77.2 cm³/mol. The number of aliphatic hydroxyl groups excluding tert-OH is 1. The van der Waals surface area contributed by atoms with Crippen molar-refractivity contribution in [1.29, 1.82) is 0 Å². The largest absolute Gasteiger partial charge is 0.399 e. The van der Waals surface area contributed by atoms with E-state index in [0.717, 1.165) is 11.1 Å². The van der Waals surface area contributed by atoms with Crippen LogP contribution < -0.4 is 10.5 Å². The lowest BCUT2D eigenvalue weighted by atomic mass is 10.1. The average molecular weight is 292 g/mol. The van der Waals surface area contributed by atoms with Gasteiger partial charge in [-0.05, 0) is 35.4 Å². The van der Waals surface area contributed by atoms with Gasteiger partial charge >= 0.3 is 0 Å². The molecule has 0 aliphatic rings. The van der Waals surface area contributed by atoms with E-state index in [1.165, 1.54) is 12.1 Å². The molecule has 20 heavy (non-hydrogen) atoms. The van der Waals surface area contributed by atoms with Crippen molar-refractivity contribution in [2.24, 2.45) is 0 Å². The number of anilines is 1. The molecular formula is C14H16N2O3S. The molecule has 6 heteroatoms. The van der Waals surface area contributed by atoms with Crippen molar-refractivity contribution in [3.63, 3.8) is 0 Å². The summed E-state index contributed by atoms with van der Waals surface area (Å²) in [6.45, 7) is 0.163. The van der Waals surface area contributed by atoms with Crippen LogP contribution in [0, 0.1) is 0 Å². The molecule has 0 saturated heterocycles. The molecule has 0 bridgehead atoms. The second-order valence-electron chi connectivity index (χ2n) is 4.37. The molecule has 2 aromatic rings. The van der Waals surface area contributed by atoms with E-state index < -0.39 is 10.0 Å². The maximum absolute atomic E-state index is 12.0. The third-order valence-corrected chi connectivity index (χ3v) is 4.28. The van der Waals surface area contributed by atoms with E-state index in [-0.39, 0.29) is 18.0 Å². The number of aliphatic hydroxyl groups is 1. The molecule has 0 saturated carbocycles. The Morgan fingerprint density at radius 1 is 0.950 bits per heavy atom. The van der Waals surface area contributed by atoms with Gasteiger partial charge in [-0.2, -0.15) is 0 Å². The highest BCUT2D eigenvalue weighted by atomic mass is 32.2. The summed E-state index contributed by atoms with van der Waals surface area (Å²) < 4.78 is 26.6. The Kier molecular flexibility index (Phi) is 4.39. The van der Waals surface area contributed by atoms with Crippen molar-refractivity contribution in [2.75, 3.05) is 5.73 Å². The third kappa shape index (κ3) is 3.57. The Morgan fingerprint density at radius 3 is 2.05 bits per heavy atom. The molecule has 0 fully saturated rings. The quantitative estimate of drug-likeness (QED) is 0.723. The zero-order valence-corrected chi connectivity index (χ0v) is 11.6. The minimum atomic E-state index is -3.55. The van der Waals surface area contributed by atoms with Gasteiger partial charge in [-0.25, -0.2) is 13.1 Å². The summed E-state index contributed by atoms with van der Waals surface area (Å²) in [5.41, 5.74) is 7.65. The van der Waals surface area contributed by atoms with Crippen molar-refractivity contribution in [1.82, 2.24) is 4.72 Å². The maximum Gasteiger partial charge on any atom is 0.240 e. The first-order chi connectivity index (χ1) is 9.51. The van der Waals surface area contributed by atoms with Gasteiger partial charge in [-0.1, -0.05) is 24.3 Å². The van der Waals surface area contributed by atoms with E-state index in [2.05, 4.69) is 4.72 Å². The molecule has 0 spiro atoms. The van der Waals surface area contributed by atoms with E-state index >= 15 is 0 Å². The lowest BCUT2D eigenvalue weighted by molar-refractivity contribution is 0.282. The number of nitrogens with two attached hydrogens (primary N) is 1. The summed E-state index contributed by atoms with van der Waals surface area (Å²) in [6, 6.07) is 13.1. The third-order valence-electron chi connectivity index (χ3n) is 2.86. The van der Waals surface area contributed by atoms with Crippen molar-refractivity contribution < 1.29 is 13.5 Å². The highest BCUT2D eigenvalue weighted by Crippen LogP contribution is 2.12. The summed E-state index contributed by atoms with van der Waals surface area (Å²) in [4.78, 5) is 0.179. The van der Waals surface area contributed by atoms with Crippen LogP contribution in [0.4, 0.5) is 5.69 Å². The van der Waals surface area contributed by atoms with Gasteiger partial charge in [0, 0.05) is 12.2 Å². The highest BCUT2D eigenvalue weighted by molar-refractivity contribution is 7.89. The van der Waals surface area contributed by atoms with E-state index in [4.69, 9.17) is 10.8 Å². The molecule has 0 aliphatic heterocycles. The van der Waals surface area contributed by atoms with Crippen LogP contribution in [-0.2, 0) is 23.2 Å². The summed E-state index contributed by atoms with van der Waals surface area (Å²) in [7, 11) is -3.55. The molecule has 2 aromatic carbocycles. The number of rotatable bonds is 5. The molecular weight excluding hydrogens is 276 g/mol. The molecule has 106 valence electrons. The molecule has 0 heterocycles. The Hall–Kier alpha value is -1.89. The van der Waals surface area contributed by atoms with E-state index in [1.54, 1.807) is 36.4 Å². The van der Waals surface area contributed by atoms with Gasteiger partial charge in [0.1, 0.15) is 0 Å². The van der Waals surface area contributed by atoms with Crippen molar-refractivity contribution in [2.45, 2.75) is 18.0 Å². The topological polar surface area (TPSA) is 92.4 Å². The minimum absolute atomic E-state index is 0.0303. The number of nitrogens with one attached hydrogen (secondary N) is 1. The zero-order valence-electron chi connectivity index (χ0n) is 10.8. The van der Waals surface area contributed by atoms with Crippen molar-refractivity contribution >= 4 is 15.7 Å². The second-order valence-corrected chi connectivity index (χ2v) is 6.14. The van der Waals surface area contributed by atoms with Gasteiger partial charge in [0.05, 0.1) is 11.5 Å². The van der Waals surface area contributed by atoms with Crippen molar-refractivity contribution in [3.8, 4) is 0 Å². The van der Waals surface area contributed by atoms with Gasteiger partial charge in [0.2, 0.25) is 10.0 Å². The maximum atomic E-state index is 12.0. The first kappa shape index (κ1) is 14.5. The Morgan fingerprint density at radius 2 is 1.50 bits per heavy atom. The summed E-state index contributed by atoms with van der Waals surface area (Å²) in [6.07, 6.45) is 0. The van der Waals surface area contributed by atoms with Crippen LogP contribution in [0.1, 0.15) is 11.1 Å². The normalized spacial score (nSPS) is 11.4. The standard InChI is InChI=1S/C14H16N2O3S/c15-13-5-7-14(8-6-13)20(18,19)16-9-11-1-3-12(10-17)4-2-11/h1-8,16-17H,9-10,15H2. The first-order valence-corrected chi connectivity index (χ1v) is 7.53. The lowest BCUT2D eigenvalue weighted by Crippen LogP contribution is -2.23. The molecule has 0 atom stereocenters. The number of hydrogen-bond donors (Lipinski definition) is 3. The number of nitrogen functional groups attached to an aromatic ring is 1. The Bertz CT molecular complexity index is 665. The molecule has 0 unspecified atom stereocenters. The molecule has 4 N–H and O–H groups in total. The monoisotopic (exact) mass is 292 g/mol. The highest BCUT2D eigenvalue weighted by Gasteiger charge is 2.13. The molecule has 2 rings (SSSR count). The van der Waals surface area contributed by atoms with E-state index in [1.807, 2.05) is 0 Å². The fourth-order valence-corrected chi connectivity index (χ4v) is 2.69. The van der Waals surface area contributed by atoms with Gasteiger partial charge in [0.25, 0.3) is 0 Å². The van der Waals surface area contributed by atoms with Gasteiger partial charge in [-0.3, -0.25) is 0 Å². The summed E-state index contributed by atoms with van der Waals surface area (Å²) >= 11 is 0. The smallest absolute Gasteiger partial charge is 0.240 e. The number of sulfonamides is 1. The molecule has 0 aromatic heterocycles. The fourth-order valence-electron chi connectivity index (χ4n) is 1.67. The van der Waals surface area contributed by atoms with Crippen LogP contribution in [0.2, 0.25) is 0 Å². The van der Waals surface area contributed by atoms with Crippen LogP contribution in [0.15, 0.2) is 53.4 Å². The Labute approximate surface area is 118 Å². The van der Waals surface area contributed by atoms with Crippen LogP contribution in [0.3, 0.4) is 0 Å². The van der Waals surface area contributed by atoms with Gasteiger partial charge < -0.3 is 10.8 Å². The second kappa shape index (κ2) is 6.04. The van der Waals surface area contributed by atoms with Gasteiger partial charge in [0.15, 0.2) is 0 Å². The van der Waals surface area contributed by atoms with E-state index in [9.17, 15) is 8.42 Å². The molecule has 0 aliphatic carbocycles. The Balaban J connectivity index is 2.06. The number of benzene rings is 2. The summed E-state index contributed by atoms with van der Waals surface area (Å²) in [5.74, 6) is 0. The lowest BCUT2D eigenvalue weighted by Gasteiger charge is -2.07. The van der Waals surface area contributed by atoms with Gasteiger partial charge in [-0.15, -0.1) is 0 Å². The van der Waals surface area contributed by atoms with Crippen LogP contribution in [0.25, 0.3) is 0 Å². The number of hydrogen-bond acceptors (Lipinski definition) is 4.